The van der Waals surface area contributed by atoms with Crippen LogP contribution in [0.3, 0.4) is 0 Å². The van der Waals surface area contributed by atoms with E-state index in [2.05, 4.69) is 5.32 Å². The summed E-state index contributed by atoms with van der Waals surface area (Å²) in [5.74, 6) is -0.166. The zero-order valence-electron chi connectivity index (χ0n) is 13.4. The SMILES string of the molecule is N#CC(=Cc1ccc(-c2ccccc2Cl)o1)C(=O)Nc1ccc(F)cc1. The van der Waals surface area contributed by atoms with Crippen molar-refractivity contribution in [1.29, 1.82) is 5.26 Å². The Hall–Kier alpha value is -3.36. The van der Waals surface area contributed by atoms with Gasteiger partial charge in [-0.1, -0.05) is 23.7 Å². The fraction of sp³-hybridized carbons (Fsp3) is 0. The van der Waals surface area contributed by atoms with Crippen LogP contribution < -0.4 is 5.32 Å². The molecule has 2 aromatic carbocycles. The summed E-state index contributed by atoms with van der Waals surface area (Å²) in [5.41, 5.74) is 0.950. The largest absolute Gasteiger partial charge is 0.457 e. The summed E-state index contributed by atoms with van der Waals surface area (Å²) in [4.78, 5) is 12.2. The number of furan rings is 1. The minimum absolute atomic E-state index is 0.144. The summed E-state index contributed by atoms with van der Waals surface area (Å²) >= 11 is 6.13. The van der Waals surface area contributed by atoms with Crippen molar-refractivity contribution < 1.29 is 13.6 Å². The molecular formula is C20H12ClFN2O2. The molecule has 1 aromatic heterocycles. The lowest BCUT2D eigenvalue weighted by atomic mass is 10.2. The first-order chi connectivity index (χ1) is 12.6. The van der Waals surface area contributed by atoms with Gasteiger partial charge >= 0.3 is 0 Å². The minimum atomic E-state index is -0.616. The minimum Gasteiger partial charge on any atom is -0.457 e. The molecule has 0 aliphatic carbocycles. The molecule has 6 heteroatoms. The Morgan fingerprint density at radius 2 is 1.85 bits per heavy atom. The molecule has 0 aliphatic rings. The van der Waals surface area contributed by atoms with Crippen molar-refractivity contribution in [2.75, 3.05) is 5.32 Å². The lowest BCUT2D eigenvalue weighted by molar-refractivity contribution is -0.112. The van der Waals surface area contributed by atoms with Gasteiger partial charge in [0.1, 0.15) is 29.0 Å². The number of nitrogens with one attached hydrogen (secondary N) is 1. The van der Waals surface area contributed by atoms with Crippen molar-refractivity contribution in [3.05, 3.63) is 82.8 Å². The lowest BCUT2D eigenvalue weighted by Crippen LogP contribution is -2.13. The van der Waals surface area contributed by atoms with Gasteiger partial charge in [-0.3, -0.25) is 4.79 Å². The van der Waals surface area contributed by atoms with Crippen LogP contribution in [0.4, 0.5) is 10.1 Å². The fourth-order valence-electron chi connectivity index (χ4n) is 2.26. The van der Waals surface area contributed by atoms with Gasteiger partial charge in [-0.15, -0.1) is 0 Å². The van der Waals surface area contributed by atoms with E-state index in [9.17, 15) is 14.4 Å². The zero-order valence-corrected chi connectivity index (χ0v) is 14.1. The Bertz CT molecular complexity index is 1020. The third-order valence-corrected chi connectivity index (χ3v) is 3.85. The molecule has 0 fully saturated rings. The molecule has 1 N–H and O–H groups in total. The van der Waals surface area contributed by atoms with Crippen LogP contribution in [0.5, 0.6) is 0 Å². The molecule has 1 heterocycles. The number of rotatable bonds is 4. The molecule has 1 amide bonds. The maximum absolute atomic E-state index is 12.9. The fourth-order valence-corrected chi connectivity index (χ4v) is 2.49. The normalized spacial score (nSPS) is 11.0. The van der Waals surface area contributed by atoms with Crippen LogP contribution >= 0.6 is 11.6 Å². The van der Waals surface area contributed by atoms with Crippen molar-refractivity contribution >= 4 is 29.3 Å². The smallest absolute Gasteiger partial charge is 0.266 e. The van der Waals surface area contributed by atoms with Crippen LogP contribution in [0.1, 0.15) is 5.76 Å². The van der Waals surface area contributed by atoms with Crippen LogP contribution in [-0.2, 0) is 4.79 Å². The summed E-state index contributed by atoms with van der Waals surface area (Å²) < 4.78 is 18.6. The maximum atomic E-state index is 12.9. The second-order valence-corrected chi connectivity index (χ2v) is 5.72. The third kappa shape index (κ3) is 4.00. The molecule has 26 heavy (non-hydrogen) atoms. The lowest BCUT2D eigenvalue weighted by Gasteiger charge is -2.03. The van der Waals surface area contributed by atoms with E-state index in [1.54, 1.807) is 24.3 Å². The highest BCUT2D eigenvalue weighted by Crippen LogP contribution is 2.29. The van der Waals surface area contributed by atoms with Gasteiger partial charge in [0.25, 0.3) is 5.91 Å². The number of hydrogen-bond acceptors (Lipinski definition) is 3. The van der Waals surface area contributed by atoms with E-state index in [1.807, 2.05) is 18.2 Å². The average Bonchev–Trinajstić information content (AvgIpc) is 3.10. The van der Waals surface area contributed by atoms with E-state index in [4.69, 9.17) is 16.0 Å². The molecule has 3 rings (SSSR count). The van der Waals surface area contributed by atoms with Crippen molar-refractivity contribution in [1.82, 2.24) is 0 Å². The van der Waals surface area contributed by atoms with E-state index >= 15 is 0 Å². The van der Waals surface area contributed by atoms with Gasteiger partial charge in [0.2, 0.25) is 0 Å². The van der Waals surface area contributed by atoms with Crippen molar-refractivity contribution in [2.24, 2.45) is 0 Å². The molecule has 0 atom stereocenters. The highest BCUT2D eigenvalue weighted by atomic mass is 35.5. The maximum Gasteiger partial charge on any atom is 0.266 e. The van der Waals surface area contributed by atoms with Gasteiger partial charge in [-0.25, -0.2) is 4.39 Å². The Labute approximate surface area is 154 Å². The van der Waals surface area contributed by atoms with Crippen LogP contribution in [0.15, 0.2) is 70.7 Å². The molecule has 0 unspecified atom stereocenters. The first-order valence-electron chi connectivity index (χ1n) is 7.60. The van der Waals surface area contributed by atoms with E-state index in [-0.39, 0.29) is 5.57 Å². The topological polar surface area (TPSA) is 66.0 Å². The Kier molecular flexibility index (Phi) is 5.16. The summed E-state index contributed by atoms with van der Waals surface area (Å²) in [6, 6.07) is 17.6. The van der Waals surface area contributed by atoms with Gasteiger partial charge in [0.05, 0.1) is 5.02 Å². The molecule has 0 saturated heterocycles. The van der Waals surface area contributed by atoms with Crippen LogP contribution in [-0.4, -0.2) is 5.91 Å². The van der Waals surface area contributed by atoms with E-state index in [0.29, 0.717) is 27.8 Å². The number of carbonyl (C=O) groups is 1. The van der Waals surface area contributed by atoms with E-state index in [1.165, 1.54) is 30.3 Å². The Morgan fingerprint density at radius 1 is 1.12 bits per heavy atom. The molecule has 0 bridgehead atoms. The Balaban J connectivity index is 1.81. The second kappa shape index (κ2) is 7.68. The van der Waals surface area contributed by atoms with Crippen LogP contribution in [0.2, 0.25) is 5.02 Å². The summed E-state index contributed by atoms with van der Waals surface area (Å²) in [7, 11) is 0. The highest BCUT2D eigenvalue weighted by Gasteiger charge is 2.12. The van der Waals surface area contributed by atoms with Gasteiger partial charge in [0.15, 0.2) is 0 Å². The Morgan fingerprint density at radius 3 is 2.54 bits per heavy atom. The van der Waals surface area contributed by atoms with Crippen molar-refractivity contribution in [2.45, 2.75) is 0 Å². The molecule has 4 nitrogen and oxygen atoms in total. The van der Waals surface area contributed by atoms with Crippen molar-refractivity contribution in [3.8, 4) is 17.4 Å². The van der Waals surface area contributed by atoms with Crippen LogP contribution in [0.25, 0.3) is 17.4 Å². The number of carbonyl (C=O) groups excluding carboxylic acids is 1. The zero-order chi connectivity index (χ0) is 18.5. The monoisotopic (exact) mass is 366 g/mol. The summed E-state index contributed by atoms with van der Waals surface area (Å²) in [6.07, 6.45) is 1.33. The highest BCUT2D eigenvalue weighted by molar-refractivity contribution is 6.33. The first kappa shape index (κ1) is 17.5. The summed E-state index contributed by atoms with van der Waals surface area (Å²) in [5, 5.41) is 12.3. The number of hydrogen-bond donors (Lipinski definition) is 1. The number of benzene rings is 2. The average molecular weight is 367 g/mol. The van der Waals surface area contributed by atoms with Gasteiger partial charge in [0, 0.05) is 17.3 Å². The van der Waals surface area contributed by atoms with Gasteiger partial charge in [-0.2, -0.15) is 5.26 Å². The predicted octanol–water partition coefficient (Wildman–Crippen LogP) is 5.28. The predicted molar refractivity (Wildman–Crippen MR) is 97.8 cm³/mol. The number of nitriles is 1. The van der Waals surface area contributed by atoms with Gasteiger partial charge < -0.3 is 9.73 Å². The molecule has 0 saturated carbocycles. The molecule has 0 spiro atoms. The first-order valence-corrected chi connectivity index (χ1v) is 7.98. The number of anilines is 1. The third-order valence-electron chi connectivity index (χ3n) is 3.52. The van der Waals surface area contributed by atoms with Gasteiger partial charge in [-0.05, 0) is 48.5 Å². The number of nitrogens with zero attached hydrogens (tertiary/aromatic N) is 1. The number of amides is 1. The molecule has 0 radical (unpaired) electrons. The quantitative estimate of drug-likeness (QED) is 0.504. The molecule has 0 aliphatic heterocycles. The molecular weight excluding hydrogens is 355 g/mol. The number of halogens is 2. The van der Waals surface area contributed by atoms with E-state index in [0.717, 1.165) is 0 Å². The molecule has 3 aromatic rings. The van der Waals surface area contributed by atoms with Crippen molar-refractivity contribution in [3.63, 3.8) is 0 Å². The second-order valence-electron chi connectivity index (χ2n) is 5.31. The van der Waals surface area contributed by atoms with E-state index < -0.39 is 11.7 Å². The molecule has 128 valence electrons. The standard InChI is InChI=1S/C20H12ClFN2O2/c21-18-4-2-1-3-17(18)19-10-9-16(26-19)11-13(12-23)20(25)24-15-7-5-14(22)6-8-15/h1-11H,(H,24,25). The van der Waals surface area contributed by atoms with Crippen LogP contribution in [0, 0.1) is 17.1 Å². The summed E-state index contributed by atoms with van der Waals surface area (Å²) in [6.45, 7) is 0.